The lowest BCUT2D eigenvalue weighted by molar-refractivity contribution is -0.141. The van der Waals surface area contributed by atoms with E-state index in [0.29, 0.717) is 25.9 Å². The number of carbonyl (C=O) groups is 2. The van der Waals surface area contributed by atoms with Gasteiger partial charge < -0.3 is 15.0 Å². The van der Waals surface area contributed by atoms with Gasteiger partial charge in [0.15, 0.2) is 0 Å². The van der Waals surface area contributed by atoms with Gasteiger partial charge in [-0.2, -0.15) is 0 Å². The second-order valence-electron chi connectivity index (χ2n) is 8.97. The van der Waals surface area contributed by atoms with E-state index in [1.807, 2.05) is 61.5 Å². The fraction of sp³-hybridized carbons (Fsp3) is 0.448. The largest absolute Gasteiger partial charge is 0.497 e. The first-order valence-corrected chi connectivity index (χ1v) is 12.5. The van der Waals surface area contributed by atoms with E-state index in [4.69, 9.17) is 4.74 Å². The van der Waals surface area contributed by atoms with E-state index in [-0.39, 0.29) is 11.8 Å². The lowest BCUT2D eigenvalue weighted by atomic mass is 9.97. The Balaban J connectivity index is 1.79. The molecule has 0 radical (unpaired) electrons. The van der Waals surface area contributed by atoms with Crippen LogP contribution in [0.3, 0.4) is 0 Å². The van der Waals surface area contributed by atoms with Gasteiger partial charge in [0.25, 0.3) is 0 Å². The number of carbonyl (C=O) groups excluding carboxylic acids is 2. The highest BCUT2D eigenvalue weighted by Gasteiger charge is 2.29. The molecule has 0 spiro atoms. The second kappa shape index (κ2) is 13.6. The number of amides is 2. The molecule has 3 rings (SSSR count). The molecule has 5 heteroatoms. The van der Waals surface area contributed by atoms with Gasteiger partial charge in [-0.3, -0.25) is 9.59 Å². The van der Waals surface area contributed by atoms with Gasteiger partial charge in [0.2, 0.25) is 11.8 Å². The Morgan fingerprint density at radius 1 is 1.03 bits per heavy atom. The van der Waals surface area contributed by atoms with Crippen LogP contribution in [0.4, 0.5) is 0 Å². The molecule has 2 aromatic carbocycles. The van der Waals surface area contributed by atoms with Gasteiger partial charge in [-0.05, 0) is 61.8 Å². The first kappa shape index (κ1) is 25.5. The molecule has 0 heterocycles. The van der Waals surface area contributed by atoms with Crippen molar-refractivity contribution in [2.75, 3.05) is 13.7 Å². The molecule has 2 amide bonds. The van der Waals surface area contributed by atoms with Gasteiger partial charge in [-0.1, -0.05) is 61.0 Å². The van der Waals surface area contributed by atoms with Crippen LogP contribution in [0.1, 0.15) is 63.0 Å². The standard InChI is InChI=1S/C29H38N2O3/c1-3-10-28(32)31(22-25-15-17-26(34-2)18-16-25)27(21-24-13-8-5-9-14-24)29(33)30-20-19-23-11-6-4-7-12-23/h5,8-9,11,13-18,27H,3-4,6-7,10,12,19-22H2,1-2H3,(H,30,33)/t27-/m0/s1. The Labute approximate surface area is 204 Å². The molecule has 5 nitrogen and oxygen atoms in total. The van der Waals surface area contributed by atoms with Gasteiger partial charge in [-0.15, -0.1) is 0 Å². The normalized spacial score (nSPS) is 14.1. The summed E-state index contributed by atoms with van der Waals surface area (Å²) in [6.45, 7) is 2.99. The number of benzene rings is 2. The number of methoxy groups -OCH3 is 1. The molecule has 0 aliphatic heterocycles. The molecule has 0 saturated carbocycles. The number of hydrogen-bond donors (Lipinski definition) is 1. The van der Waals surface area contributed by atoms with Crippen LogP contribution in [0.15, 0.2) is 66.2 Å². The topological polar surface area (TPSA) is 58.6 Å². The lowest BCUT2D eigenvalue weighted by Gasteiger charge is -2.31. The van der Waals surface area contributed by atoms with Crippen LogP contribution >= 0.6 is 0 Å². The molecule has 0 bridgehead atoms. The molecule has 1 aliphatic carbocycles. The van der Waals surface area contributed by atoms with Crippen molar-refractivity contribution in [3.05, 3.63) is 77.4 Å². The third kappa shape index (κ3) is 7.75. The van der Waals surface area contributed by atoms with E-state index >= 15 is 0 Å². The van der Waals surface area contributed by atoms with Crippen molar-refractivity contribution in [1.29, 1.82) is 0 Å². The smallest absolute Gasteiger partial charge is 0.243 e. The zero-order valence-corrected chi connectivity index (χ0v) is 20.6. The summed E-state index contributed by atoms with van der Waals surface area (Å²) >= 11 is 0. The Morgan fingerprint density at radius 3 is 2.44 bits per heavy atom. The molecular weight excluding hydrogens is 424 g/mol. The number of nitrogens with zero attached hydrogens (tertiary/aromatic N) is 1. The second-order valence-corrected chi connectivity index (χ2v) is 8.97. The SMILES string of the molecule is CCCC(=O)N(Cc1ccc(OC)cc1)[C@@H](Cc1ccccc1)C(=O)NCCC1=CCCCC1. The van der Waals surface area contributed by atoms with Crippen LogP contribution in [0.2, 0.25) is 0 Å². The Bertz CT molecular complexity index is 938. The van der Waals surface area contributed by atoms with Gasteiger partial charge in [-0.25, -0.2) is 0 Å². The fourth-order valence-electron chi connectivity index (χ4n) is 4.43. The number of rotatable bonds is 12. The number of allylic oxidation sites excluding steroid dienone is 1. The molecule has 2 aromatic rings. The minimum Gasteiger partial charge on any atom is -0.497 e. The van der Waals surface area contributed by atoms with E-state index in [2.05, 4.69) is 11.4 Å². The molecule has 1 atom stereocenters. The average molecular weight is 463 g/mol. The summed E-state index contributed by atoms with van der Waals surface area (Å²) in [4.78, 5) is 28.5. The van der Waals surface area contributed by atoms with Crippen molar-refractivity contribution in [3.8, 4) is 5.75 Å². The summed E-state index contributed by atoms with van der Waals surface area (Å²) in [5.74, 6) is 0.688. The summed E-state index contributed by atoms with van der Waals surface area (Å²) in [5, 5.41) is 3.14. The molecule has 0 unspecified atom stereocenters. The van der Waals surface area contributed by atoms with Crippen LogP contribution in [-0.4, -0.2) is 36.4 Å². The fourth-order valence-corrected chi connectivity index (χ4v) is 4.43. The van der Waals surface area contributed by atoms with Crippen molar-refractivity contribution in [1.82, 2.24) is 10.2 Å². The third-order valence-electron chi connectivity index (χ3n) is 6.38. The lowest BCUT2D eigenvalue weighted by Crippen LogP contribution is -2.50. The van der Waals surface area contributed by atoms with E-state index < -0.39 is 6.04 Å². The Hall–Kier alpha value is -3.08. The zero-order chi connectivity index (χ0) is 24.2. The monoisotopic (exact) mass is 462 g/mol. The van der Waals surface area contributed by atoms with Gasteiger partial charge in [0.05, 0.1) is 7.11 Å². The minimum absolute atomic E-state index is 0.00406. The quantitative estimate of drug-likeness (QED) is 0.427. The van der Waals surface area contributed by atoms with Crippen molar-refractivity contribution in [3.63, 3.8) is 0 Å². The first-order chi connectivity index (χ1) is 16.6. The third-order valence-corrected chi connectivity index (χ3v) is 6.38. The highest BCUT2D eigenvalue weighted by molar-refractivity contribution is 5.88. The minimum atomic E-state index is -0.566. The average Bonchev–Trinajstić information content (AvgIpc) is 2.88. The van der Waals surface area contributed by atoms with E-state index in [1.165, 1.54) is 18.4 Å². The molecule has 0 saturated heterocycles. The number of hydrogen-bond acceptors (Lipinski definition) is 3. The van der Waals surface area contributed by atoms with Gasteiger partial charge in [0, 0.05) is 25.9 Å². The maximum Gasteiger partial charge on any atom is 0.243 e. The summed E-state index contributed by atoms with van der Waals surface area (Å²) in [6, 6.07) is 17.1. The van der Waals surface area contributed by atoms with Crippen molar-refractivity contribution in [2.45, 2.75) is 70.9 Å². The molecule has 182 valence electrons. The van der Waals surface area contributed by atoms with Crippen LogP contribution in [-0.2, 0) is 22.6 Å². The number of ether oxygens (including phenoxy) is 1. The highest BCUT2D eigenvalue weighted by atomic mass is 16.5. The van der Waals surface area contributed by atoms with E-state index in [1.54, 1.807) is 12.0 Å². The predicted molar refractivity (Wildman–Crippen MR) is 137 cm³/mol. The highest BCUT2D eigenvalue weighted by Crippen LogP contribution is 2.21. The van der Waals surface area contributed by atoms with Crippen molar-refractivity contribution < 1.29 is 14.3 Å². The van der Waals surface area contributed by atoms with Crippen molar-refractivity contribution >= 4 is 11.8 Å². The van der Waals surface area contributed by atoms with Crippen molar-refractivity contribution in [2.24, 2.45) is 0 Å². The molecular formula is C29H38N2O3. The maximum absolute atomic E-state index is 13.5. The van der Waals surface area contributed by atoms with E-state index in [9.17, 15) is 9.59 Å². The summed E-state index contributed by atoms with van der Waals surface area (Å²) in [6.07, 6.45) is 9.60. The molecule has 0 fully saturated rings. The molecule has 1 aliphatic rings. The summed E-state index contributed by atoms with van der Waals surface area (Å²) in [7, 11) is 1.63. The number of nitrogens with one attached hydrogen (secondary N) is 1. The van der Waals surface area contributed by atoms with Gasteiger partial charge in [0.1, 0.15) is 11.8 Å². The Kier molecular flexibility index (Phi) is 10.2. The van der Waals surface area contributed by atoms with Crippen LogP contribution in [0.5, 0.6) is 5.75 Å². The summed E-state index contributed by atoms with van der Waals surface area (Å²) in [5.41, 5.74) is 3.45. The summed E-state index contributed by atoms with van der Waals surface area (Å²) < 4.78 is 5.27. The predicted octanol–water partition coefficient (Wildman–Crippen LogP) is 5.44. The first-order valence-electron chi connectivity index (χ1n) is 12.5. The molecule has 1 N–H and O–H groups in total. The van der Waals surface area contributed by atoms with Crippen LogP contribution in [0, 0.1) is 0 Å². The van der Waals surface area contributed by atoms with E-state index in [0.717, 1.165) is 42.6 Å². The molecule has 0 aromatic heterocycles. The van der Waals surface area contributed by atoms with Gasteiger partial charge >= 0.3 is 0 Å². The Morgan fingerprint density at radius 2 is 1.79 bits per heavy atom. The zero-order valence-electron chi connectivity index (χ0n) is 20.6. The molecule has 34 heavy (non-hydrogen) atoms. The van der Waals surface area contributed by atoms with Crippen LogP contribution in [0.25, 0.3) is 0 Å². The maximum atomic E-state index is 13.5. The van der Waals surface area contributed by atoms with Crippen LogP contribution < -0.4 is 10.1 Å².